The molecule has 0 radical (unpaired) electrons. The number of aromatic amines is 1. The number of aromatic nitrogens is 3. The van der Waals surface area contributed by atoms with Crippen molar-refractivity contribution < 1.29 is 0 Å². The average molecular weight is 454 g/mol. The number of hydrogen-bond acceptors (Lipinski definition) is 3. The van der Waals surface area contributed by atoms with E-state index in [0.29, 0.717) is 6.54 Å². The van der Waals surface area contributed by atoms with Gasteiger partial charge in [0.1, 0.15) is 6.33 Å². The van der Waals surface area contributed by atoms with Crippen LogP contribution in [-0.4, -0.2) is 45.7 Å². The minimum atomic E-state index is 0. The summed E-state index contributed by atoms with van der Waals surface area (Å²) in [7, 11) is 0. The molecular formula is C18H27IN6. The predicted molar refractivity (Wildman–Crippen MR) is 112 cm³/mol. The second-order valence-electron chi connectivity index (χ2n) is 6.37. The van der Waals surface area contributed by atoms with Gasteiger partial charge in [0.2, 0.25) is 0 Å². The Morgan fingerprint density at radius 3 is 2.84 bits per heavy atom. The normalized spacial score (nSPS) is 15.8. The fourth-order valence-electron chi connectivity index (χ4n) is 2.97. The van der Waals surface area contributed by atoms with E-state index in [2.05, 4.69) is 51.4 Å². The number of halogens is 1. The minimum absolute atomic E-state index is 0. The smallest absolute Gasteiger partial charge is 0.194 e. The van der Waals surface area contributed by atoms with E-state index in [4.69, 9.17) is 4.99 Å². The summed E-state index contributed by atoms with van der Waals surface area (Å²) in [6, 6.07) is 8.29. The molecule has 0 amide bonds. The van der Waals surface area contributed by atoms with Crippen LogP contribution in [0.2, 0.25) is 0 Å². The third-order valence-corrected chi connectivity index (χ3v) is 4.44. The third kappa shape index (κ3) is 5.42. The molecule has 25 heavy (non-hydrogen) atoms. The maximum Gasteiger partial charge on any atom is 0.194 e. The maximum atomic E-state index is 4.84. The van der Waals surface area contributed by atoms with E-state index in [9.17, 15) is 0 Å². The standard InChI is InChI=1S/C18H26N6.HI/c1-3-19-18(24-9-7-14(2)8-10-24)20-12-15-5-4-6-16(11-15)17-21-13-22-23-17;/h4-6,11,13-14H,3,7-10,12H2,1-2H3,(H,19,20)(H,21,22,23);1H. The Balaban J connectivity index is 0.00000225. The highest BCUT2D eigenvalue weighted by molar-refractivity contribution is 14.0. The van der Waals surface area contributed by atoms with E-state index in [0.717, 1.165) is 42.9 Å². The molecule has 2 N–H and O–H groups in total. The second-order valence-corrected chi connectivity index (χ2v) is 6.37. The van der Waals surface area contributed by atoms with Crippen molar-refractivity contribution in [1.82, 2.24) is 25.4 Å². The molecule has 1 saturated heterocycles. The van der Waals surface area contributed by atoms with E-state index in [1.54, 1.807) is 0 Å². The van der Waals surface area contributed by atoms with Crippen LogP contribution >= 0.6 is 24.0 Å². The molecule has 0 saturated carbocycles. The largest absolute Gasteiger partial charge is 0.357 e. The molecule has 136 valence electrons. The Morgan fingerprint density at radius 1 is 1.36 bits per heavy atom. The van der Waals surface area contributed by atoms with E-state index in [1.165, 1.54) is 24.7 Å². The van der Waals surface area contributed by atoms with Crippen molar-refractivity contribution in [3.05, 3.63) is 36.2 Å². The molecule has 0 aliphatic carbocycles. The highest BCUT2D eigenvalue weighted by Gasteiger charge is 2.18. The van der Waals surface area contributed by atoms with Crippen LogP contribution in [-0.2, 0) is 6.54 Å². The summed E-state index contributed by atoms with van der Waals surface area (Å²) in [4.78, 5) is 11.4. The summed E-state index contributed by atoms with van der Waals surface area (Å²) in [6.07, 6.45) is 4.01. The molecule has 3 rings (SSSR count). The zero-order valence-electron chi connectivity index (χ0n) is 14.9. The number of rotatable bonds is 4. The number of hydrogen-bond donors (Lipinski definition) is 2. The second kappa shape index (κ2) is 9.74. The molecule has 0 atom stereocenters. The van der Waals surface area contributed by atoms with Gasteiger partial charge in [0.15, 0.2) is 11.8 Å². The molecule has 1 aliphatic heterocycles. The highest BCUT2D eigenvalue weighted by atomic mass is 127. The molecule has 0 spiro atoms. The predicted octanol–water partition coefficient (Wildman–Crippen LogP) is 3.29. The van der Waals surface area contributed by atoms with Crippen LogP contribution in [0, 0.1) is 5.92 Å². The number of likely N-dealkylation sites (tertiary alicyclic amines) is 1. The van der Waals surface area contributed by atoms with E-state index < -0.39 is 0 Å². The Hall–Kier alpha value is -1.64. The van der Waals surface area contributed by atoms with Crippen molar-refractivity contribution in [2.75, 3.05) is 19.6 Å². The Labute approximate surface area is 166 Å². The van der Waals surface area contributed by atoms with Crippen molar-refractivity contribution in [2.24, 2.45) is 10.9 Å². The molecule has 1 aliphatic rings. The van der Waals surface area contributed by atoms with Gasteiger partial charge in [-0.05, 0) is 37.3 Å². The molecule has 0 unspecified atom stereocenters. The third-order valence-electron chi connectivity index (χ3n) is 4.44. The molecule has 0 bridgehead atoms. The molecule has 7 heteroatoms. The summed E-state index contributed by atoms with van der Waals surface area (Å²) in [5.41, 5.74) is 2.21. The quantitative estimate of drug-likeness (QED) is 0.423. The molecule has 1 aromatic carbocycles. The lowest BCUT2D eigenvalue weighted by molar-refractivity contribution is 0.273. The fourth-order valence-corrected chi connectivity index (χ4v) is 2.97. The first kappa shape index (κ1) is 19.7. The maximum absolute atomic E-state index is 4.84. The van der Waals surface area contributed by atoms with Gasteiger partial charge in [0.05, 0.1) is 6.54 Å². The lowest BCUT2D eigenvalue weighted by atomic mass is 10.00. The number of nitrogens with zero attached hydrogens (tertiary/aromatic N) is 4. The van der Waals surface area contributed by atoms with Crippen molar-refractivity contribution in [3.63, 3.8) is 0 Å². The van der Waals surface area contributed by atoms with E-state index >= 15 is 0 Å². The summed E-state index contributed by atoms with van der Waals surface area (Å²) in [5.74, 6) is 2.63. The van der Waals surface area contributed by atoms with Crippen LogP contribution in [0.5, 0.6) is 0 Å². The monoisotopic (exact) mass is 454 g/mol. The Morgan fingerprint density at radius 2 is 2.16 bits per heavy atom. The summed E-state index contributed by atoms with van der Waals surface area (Å²) >= 11 is 0. The first-order valence-corrected chi connectivity index (χ1v) is 8.74. The minimum Gasteiger partial charge on any atom is -0.357 e. The van der Waals surface area contributed by atoms with Crippen molar-refractivity contribution in [2.45, 2.75) is 33.2 Å². The molecule has 2 aromatic rings. The summed E-state index contributed by atoms with van der Waals surface area (Å²) in [6.45, 7) is 8.18. The Bertz CT molecular complexity index is 662. The van der Waals surface area contributed by atoms with Crippen molar-refractivity contribution in [3.8, 4) is 11.4 Å². The molecule has 2 heterocycles. The topological polar surface area (TPSA) is 69.2 Å². The zero-order valence-corrected chi connectivity index (χ0v) is 17.2. The van der Waals surface area contributed by atoms with Gasteiger partial charge in [-0.15, -0.1) is 24.0 Å². The molecular weight excluding hydrogens is 427 g/mol. The zero-order chi connectivity index (χ0) is 16.8. The average Bonchev–Trinajstić information content (AvgIpc) is 3.14. The van der Waals surface area contributed by atoms with Crippen LogP contribution in [0.15, 0.2) is 35.6 Å². The number of aliphatic imine (C=N–C) groups is 1. The van der Waals surface area contributed by atoms with Gasteiger partial charge in [-0.2, -0.15) is 5.10 Å². The number of guanidine groups is 1. The van der Waals surface area contributed by atoms with Gasteiger partial charge < -0.3 is 10.2 Å². The van der Waals surface area contributed by atoms with Gasteiger partial charge >= 0.3 is 0 Å². The number of piperidine rings is 1. The van der Waals surface area contributed by atoms with Crippen molar-refractivity contribution >= 4 is 29.9 Å². The van der Waals surface area contributed by atoms with E-state index in [-0.39, 0.29) is 24.0 Å². The van der Waals surface area contributed by atoms with Gasteiger partial charge in [-0.25, -0.2) is 9.98 Å². The highest BCUT2D eigenvalue weighted by Crippen LogP contribution is 2.18. The lowest BCUT2D eigenvalue weighted by Crippen LogP contribution is -2.45. The summed E-state index contributed by atoms with van der Waals surface area (Å²) < 4.78 is 0. The van der Waals surface area contributed by atoms with Gasteiger partial charge in [0, 0.05) is 25.2 Å². The van der Waals surface area contributed by atoms with E-state index in [1.807, 2.05) is 12.1 Å². The molecule has 1 fully saturated rings. The molecule has 1 aromatic heterocycles. The molecule has 6 nitrogen and oxygen atoms in total. The lowest BCUT2D eigenvalue weighted by Gasteiger charge is -2.33. The fraction of sp³-hybridized carbons (Fsp3) is 0.500. The van der Waals surface area contributed by atoms with Crippen molar-refractivity contribution in [1.29, 1.82) is 0 Å². The van der Waals surface area contributed by atoms with Gasteiger partial charge in [0.25, 0.3) is 0 Å². The van der Waals surface area contributed by atoms with Crippen LogP contribution in [0.4, 0.5) is 0 Å². The van der Waals surface area contributed by atoms with Gasteiger partial charge in [-0.3, -0.25) is 5.10 Å². The van der Waals surface area contributed by atoms with Gasteiger partial charge in [-0.1, -0.05) is 25.1 Å². The number of benzene rings is 1. The SMILES string of the molecule is CCNC(=NCc1cccc(-c2ncn[nH]2)c1)N1CCC(C)CC1.I. The number of nitrogens with one attached hydrogen (secondary N) is 2. The van der Waals surface area contributed by atoms with Crippen LogP contribution in [0.3, 0.4) is 0 Å². The number of H-pyrrole nitrogens is 1. The Kier molecular flexibility index (Phi) is 7.67. The van der Waals surface area contributed by atoms with Crippen LogP contribution in [0.25, 0.3) is 11.4 Å². The van der Waals surface area contributed by atoms with Crippen LogP contribution < -0.4 is 5.32 Å². The first-order chi connectivity index (χ1) is 11.8. The summed E-state index contributed by atoms with van der Waals surface area (Å²) in [5, 5.41) is 10.2. The first-order valence-electron chi connectivity index (χ1n) is 8.74. The van der Waals surface area contributed by atoms with Crippen LogP contribution in [0.1, 0.15) is 32.3 Å².